The highest BCUT2D eigenvalue weighted by atomic mass is 79.9. The maximum absolute atomic E-state index is 12.1. The predicted molar refractivity (Wildman–Crippen MR) is 80.7 cm³/mol. The predicted octanol–water partition coefficient (Wildman–Crippen LogP) is 3.81. The number of anilines is 1. The number of rotatable bonds is 3. The molecule has 1 N–H and O–H groups in total. The molecule has 0 fully saturated rings. The molecule has 1 amide bonds. The second kappa shape index (κ2) is 6.39. The highest BCUT2D eigenvalue weighted by Crippen LogP contribution is 2.22. The Morgan fingerprint density at radius 2 is 2.05 bits per heavy atom. The van der Waals surface area contributed by atoms with E-state index in [1.54, 1.807) is 12.1 Å². The van der Waals surface area contributed by atoms with Gasteiger partial charge >= 0.3 is 0 Å². The van der Waals surface area contributed by atoms with E-state index in [0.717, 1.165) is 0 Å². The maximum Gasteiger partial charge on any atom is 0.259 e. The standard InChI is InChI=1S/C12H8BrCl2N3O2/c1-20-10-5-9(15)16-12(17-10)18-11(19)7-4-6(14)2-3-8(7)13/h2-5H,1H3,(H,16,17,18,19). The van der Waals surface area contributed by atoms with Crippen molar-refractivity contribution in [1.82, 2.24) is 9.97 Å². The zero-order chi connectivity index (χ0) is 14.7. The van der Waals surface area contributed by atoms with Gasteiger partial charge in [0.15, 0.2) is 0 Å². The van der Waals surface area contributed by atoms with Crippen molar-refractivity contribution in [1.29, 1.82) is 0 Å². The van der Waals surface area contributed by atoms with Crippen molar-refractivity contribution in [2.24, 2.45) is 0 Å². The van der Waals surface area contributed by atoms with Crippen LogP contribution in [-0.4, -0.2) is 23.0 Å². The van der Waals surface area contributed by atoms with Crippen molar-refractivity contribution in [2.75, 3.05) is 12.4 Å². The third kappa shape index (κ3) is 3.59. The molecular formula is C12H8BrCl2N3O2. The first-order valence-corrected chi connectivity index (χ1v) is 6.89. The number of nitrogens with zero attached hydrogens (tertiary/aromatic N) is 2. The minimum atomic E-state index is -0.413. The summed E-state index contributed by atoms with van der Waals surface area (Å²) < 4.78 is 5.55. The number of carbonyl (C=O) groups excluding carboxylic acids is 1. The van der Waals surface area contributed by atoms with Crippen LogP contribution in [-0.2, 0) is 0 Å². The van der Waals surface area contributed by atoms with Crippen LogP contribution in [0.15, 0.2) is 28.7 Å². The molecule has 0 spiro atoms. The lowest BCUT2D eigenvalue weighted by Crippen LogP contribution is -2.15. The molecule has 0 saturated carbocycles. The summed E-state index contributed by atoms with van der Waals surface area (Å²) in [5, 5.41) is 3.14. The summed E-state index contributed by atoms with van der Waals surface area (Å²) in [6.07, 6.45) is 0. The third-order valence-corrected chi connectivity index (χ3v) is 3.40. The molecule has 0 aliphatic rings. The van der Waals surface area contributed by atoms with Crippen LogP contribution in [0, 0.1) is 0 Å². The molecule has 20 heavy (non-hydrogen) atoms. The van der Waals surface area contributed by atoms with E-state index in [1.807, 2.05) is 0 Å². The van der Waals surface area contributed by atoms with E-state index in [2.05, 4.69) is 31.2 Å². The highest BCUT2D eigenvalue weighted by molar-refractivity contribution is 9.10. The first-order chi connectivity index (χ1) is 9.49. The van der Waals surface area contributed by atoms with Gasteiger partial charge in [-0.2, -0.15) is 4.98 Å². The first kappa shape index (κ1) is 15.0. The molecule has 1 heterocycles. The second-order valence-corrected chi connectivity index (χ2v) is 5.31. The molecule has 5 nitrogen and oxygen atoms in total. The van der Waals surface area contributed by atoms with E-state index in [0.29, 0.717) is 15.1 Å². The molecule has 2 aromatic rings. The monoisotopic (exact) mass is 375 g/mol. The molecule has 2 rings (SSSR count). The summed E-state index contributed by atoms with van der Waals surface area (Å²) >= 11 is 14.9. The summed E-state index contributed by atoms with van der Waals surface area (Å²) in [5.41, 5.74) is 0.361. The van der Waals surface area contributed by atoms with Gasteiger partial charge in [0.05, 0.1) is 12.7 Å². The summed E-state index contributed by atoms with van der Waals surface area (Å²) in [6.45, 7) is 0. The van der Waals surface area contributed by atoms with E-state index in [9.17, 15) is 4.79 Å². The van der Waals surface area contributed by atoms with Crippen LogP contribution in [0.3, 0.4) is 0 Å². The first-order valence-electron chi connectivity index (χ1n) is 5.34. The van der Waals surface area contributed by atoms with Gasteiger partial charge in [-0.05, 0) is 34.1 Å². The SMILES string of the molecule is COc1cc(Cl)nc(NC(=O)c2cc(Cl)ccc2Br)n1. The number of halogens is 3. The van der Waals surface area contributed by atoms with Gasteiger partial charge in [0.1, 0.15) is 5.15 Å². The van der Waals surface area contributed by atoms with Crippen molar-refractivity contribution in [3.8, 4) is 5.88 Å². The number of carbonyl (C=O) groups is 1. The number of ether oxygens (including phenoxy) is 1. The summed E-state index contributed by atoms with van der Waals surface area (Å²) in [5.74, 6) is -0.111. The molecular weight excluding hydrogens is 369 g/mol. The van der Waals surface area contributed by atoms with E-state index < -0.39 is 5.91 Å². The van der Waals surface area contributed by atoms with Gasteiger partial charge in [-0.15, -0.1) is 0 Å². The van der Waals surface area contributed by atoms with E-state index in [4.69, 9.17) is 27.9 Å². The van der Waals surface area contributed by atoms with Crippen molar-refractivity contribution in [3.05, 3.63) is 44.5 Å². The molecule has 104 valence electrons. The van der Waals surface area contributed by atoms with Crippen LogP contribution in [0.4, 0.5) is 5.95 Å². The second-order valence-electron chi connectivity index (χ2n) is 3.63. The van der Waals surface area contributed by atoms with E-state index in [1.165, 1.54) is 19.2 Å². The zero-order valence-electron chi connectivity index (χ0n) is 10.2. The summed E-state index contributed by atoms with van der Waals surface area (Å²) in [7, 11) is 1.44. The fraction of sp³-hybridized carbons (Fsp3) is 0.0833. The van der Waals surface area contributed by atoms with Crippen molar-refractivity contribution in [3.63, 3.8) is 0 Å². The van der Waals surface area contributed by atoms with Crippen LogP contribution < -0.4 is 10.1 Å². The summed E-state index contributed by atoms with van der Waals surface area (Å²) in [6, 6.07) is 6.31. The summed E-state index contributed by atoms with van der Waals surface area (Å²) in [4.78, 5) is 20.0. The Labute approximate surface area is 133 Å². The Morgan fingerprint density at radius 3 is 2.75 bits per heavy atom. The van der Waals surface area contributed by atoms with Gasteiger partial charge in [0.25, 0.3) is 5.91 Å². The van der Waals surface area contributed by atoms with Crippen molar-refractivity contribution in [2.45, 2.75) is 0 Å². The van der Waals surface area contributed by atoms with Crippen LogP contribution in [0.1, 0.15) is 10.4 Å². The van der Waals surface area contributed by atoms with Gasteiger partial charge in [-0.1, -0.05) is 23.2 Å². The number of amides is 1. The lowest BCUT2D eigenvalue weighted by atomic mass is 10.2. The molecule has 0 bridgehead atoms. The smallest absolute Gasteiger partial charge is 0.259 e. The average Bonchev–Trinajstić information content (AvgIpc) is 2.40. The van der Waals surface area contributed by atoms with Crippen LogP contribution in [0.5, 0.6) is 5.88 Å². The number of aromatic nitrogens is 2. The fourth-order valence-electron chi connectivity index (χ4n) is 1.40. The van der Waals surface area contributed by atoms with Crippen molar-refractivity contribution < 1.29 is 9.53 Å². The molecule has 0 atom stereocenters. The quantitative estimate of drug-likeness (QED) is 0.827. The molecule has 0 unspecified atom stereocenters. The minimum Gasteiger partial charge on any atom is -0.481 e. The molecule has 8 heteroatoms. The normalized spacial score (nSPS) is 10.2. The number of methoxy groups -OCH3 is 1. The van der Waals surface area contributed by atoms with Crippen molar-refractivity contribution >= 4 is 51.0 Å². The number of benzene rings is 1. The molecule has 1 aromatic carbocycles. The number of hydrogen-bond donors (Lipinski definition) is 1. The molecule has 0 radical (unpaired) electrons. The Morgan fingerprint density at radius 1 is 1.30 bits per heavy atom. The van der Waals surface area contributed by atoms with Crippen LogP contribution in [0.2, 0.25) is 10.2 Å². The van der Waals surface area contributed by atoms with Gasteiger partial charge in [-0.3, -0.25) is 10.1 Å². The van der Waals surface area contributed by atoms with Gasteiger partial charge in [0.2, 0.25) is 11.8 Å². The third-order valence-electron chi connectivity index (χ3n) is 2.28. The Hall–Kier alpha value is -1.37. The Kier molecular flexibility index (Phi) is 4.80. The average molecular weight is 377 g/mol. The molecule has 0 aliphatic carbocycles. The number of hydrogen-bond acceptors (Lipinski definition) is 4. The van der Waals surface area contributed by atoms with Crippen LogP contribution in [0.25, 0.3) is 0 Å². The lowest BCUT2D eigenvalue weighted by molar-refractivity contribution is 0.102. The number of nitrogens with one attached hydrogen (secondary N) is 1. The molecule has 0 aliphatic heterocycles. The maximum atomic E-state index is 12.1. The largest absolute Gasteiger partial charge is 0.481 e. The van der Waals surface area contributed by atoms with Gasteiger partial charge in [0, 0.05) is 15.6 Å². The highest BCUT2D eigenvalue weighted by Gasteiger charge is 2.13. The molecule has 0 saturated heterocycles. The lowest BCUT2D eigenvalue weighted by Gasteiger charge is -2.07. The van der Waals surface area contributed by atoms with E-state index >= 15 is 0 Å². The Bertz CT molecular complexity index is 667. The Balaban J connectivity index is 2.27. The molecule has 1 aromatic heterocycles. The van der Waals surface area contributed by atoms with Gasteiger partial charge < -0.3 is 4.74 Å². The van der Waals surface area contributed by atoms with Crippen LogP contribution >= 0.6 is 39.1 Å². The van der Waals surface area contributed by atoms with E-state index in [-0.39, 0.29) is 17.0 Å². The topological polar surface area (TPSA) is 64.1 Å². The minimum absolute atomic E-state index is 0.0474. The fourth-order valence-corrected chi connectivity index (χ4v) is 2.17. The zero-order valence-corrected chi connectivity index (χ0v) is 13.3. The van der Waals surface area contributed by atoms with Gasteiger partial charge in [-0.25, -0.2) is 4.98 Å².